The number of benzene rings is 1. The molecule has 0 spiro atoms. The molecule has 2 rings (SSSR count). The van der Waals surface area contributed by atoms with E-state index >= 15 is 0 Å². The number of aliphatic hydroxyl groups excluding tert-OH is 1. The Morgan fingerprint density at radius 3 is 2.87 bits per heavy atom. The molecule has 15 heavy (non-hydrogen) atoms. The number of aliphatic hydroxyl groups is 1. The summed E-state index contributed by atoms with van der Waals surface area (Å²) in [5.41, 5.74) is 0.752. The van der Waals surface area contributed by atoms with Gasteiger partial charge in [-0.25, -0.2) is 4.98 Å². The third-order valence-electron chi connectivity index (χ3n) is 2.44. The second-order valence-electron chi connectivity index (χ2n) is 3.48. The number of hydrogen-bond donors (Lipinski definition) is 1. The molecule has 0 fully saturated rings. The minimum absolute atomic E-state index is 0.493. The normalized spacial score (nSPS) is 13.0. The fourth-order valence-corrected chi connectivity index (χ4v) is 2.08. The molecule has 0 aliphatic heterocycles. The summed E-state index contributed by atoms with van der Waals surface area (Å²) in [6.07, 6.45) is 0.181. The Labute approximate surface area is 97.1 Å². The average molecular weight is 266 g/mol. The topological polar surface area (TPSA) is 33.1 Å². The maximum Gasteiger partial charge on any atom is 0.107 e. The molecule has 78 valence electrons. The summed E-state index contributed by atoms with van der Waals surface area (Å²) in [5, 5.41) is 12.0. The lowest BCUT2D eigenvalue weighted by molar-refractivity contribution is 0.170. The molecule has 3 heteroatoms. The number of aromatic nitrogens is 1. The lowest BCUT2D eigenvalue weighted by Crippen LogP contribution is -2.00. The van der Waals surface area contributed by atoms with Crippen LogP contribution in [0.4, 0.5) is 0 Å². The van der Waals surface area contributed by atoms with E-state index in [0.29, 0.717) is 6.42 Å². The summed E-state index contributed by atoms with van der Waals surface area (Å²) >= 11 is 3.36. The third-order valence-corrected chi connectivity index (χ3v) is 2.85. The Morgan fingerprint density at radius 2 is 2.13 bits per heavy atom. The first-order valence-electron chi connectivity index (χ1n) is 4.95. The molecule has 2 aromatic rings. The number of halogens is 1. The number of nitrogens with zero attached hydrogens (tertiary/aromatic N) is 1. The fraction of sp³-hybridized carbons (Fsp3) is 0.250. The van der Waals surface area contributed by atoms with E-state index in [4.69, 9.17) is 0 Å². The highest BCUT2D eigenvalue weighted by atomic mass is 79.9. The van der Waals surface area contributed by atoms with Crippen LogP contribution in [0, 0.1) is 0 Å². The van der Waals surface area contributed by atoms with Crippen LogP contribution in [-0.2, 0) is 0 Å². The van der Waals surface area contributed by atoms with Gasteiger partial charge in [-0.3, -0.25) is 0 Å². The first kappa shape index (κ1) is 10.6. The molecule has 0 saturated heterocycles. The SMILES string of the molecule is CCC(O)c1nc(Br)cc2ccccc12. The Morgan fingerprint density at radius 1 is 1.40 bits per heavy atom. The highest BCUT2D eigenvalue weighted by Gasteiger charge is 2.11. The zero-order valence-electron chi connectivity index (χ0n) is 8.44. The lowest BCUT2D eigenvalue weighted by Gasteiger charge is -2.11. The zero-order valence-corrected chi connectivity index (χ0v) is 10.0. The van der Waals surface area contributed by atoms with E-state index in [-0.39, 0.29) is 0 Å². The summed E-state index contributed by atoms with van der Waals surface area (Å²) in [5.74, 6) is 0. The third kappa shape index (κ3) is 2.03. The van der Waals surface area contributed by atoms with Gasteiger partial charge in [-0.05, 0) is 33.8 Å². The molecule has 2 nitrogen and oxygen atoms in total. The fourth-order valence-electron chi connectivity index (χ4n) is 1.64. The summed E-state index contributed by atoms with van der Waals surface area (Å²) in [4.78, 5) is 4.34. The maximum absolute atomic E-state index is 9.87. The van der Waals surface area contributed by atoms with Crippen molar-refractivity contribution < 1.29 is 5.11 Å². The Kier molecular flexibility index (Phi) is 3.03. The molecule has 1 heterocycles. The molecule has 0 aliphatic rings. The van der Waals surface area contributed by atoms with Gasteiger partial charge in [0.2, 0.25) is 0 Å². The molecule has 1 aromatic heterocycles. The minimum atomic E-state index is -0.493. The largest absolute Gasteiger partial charge is 0.387 e. The van der Waals surface area contributed by atoms with Crippen molar-refractivity contribution in [2.75, 3.05) is 0 Å². The second-order valence-corrected chi connectivity index (χ2v) is 4.29. The van der Waals surface area contributed by atoms with Gasteiger partial charge in [0.05, 0.1) is 11.8 Å². The molecule has 0 bridgehead atoms. The van der Waals surface area contributed by atoms with Crippen molar-refractivity contribution in [1.29, 1.82) is 0 Å². The quantitative estimate of drug-likeness (QED) is 0.844. The van der Waals surface area contributed by atoms with Crippen molar-refractivity contribution in [2.24, 2.45) is 0 Å². The van der Waals surface area contributed by atoms with Crippen molar-refractivity contribution in [3.8, 4) is 0 Å². The summed E-state index contributed by atoms with van der Waals surface area (Å²) in [6, 6.07) is 9.92. The maximum atomic E-state index is 9.87. The first-order valence-corrected chi connectivity index (χ1v) is 5.75. The van der Waals surface area contributed by atoms with Gasteiger partial charge in [0, 0.05) is 5.39 Å². The molecule has 1 N–H and O–H groups in total. The molecule has 1 unspecified atom stereocenters. The van der Waals surface area contributed by atoms with E-state index in [1.807, 2.05) is 37.3 Å². The van der Waals surface area contributed by atoms with E-state index in [1.54, 1.807) is 0 Å². The number of fused-ring (bicyclic) bond motifs is 1. The van der Waals surface area contributed by atoms with Gasteiger partial charge >= 0.3 is 0 Å². The summed E-state index contributed by atoms with van der Waals surface area (Å²) in [7, 11) is 0. The van der Waals surface area contributed by atoms with E-state index in [9.17, 15) is 5.11 Å². The summed E-state index contributed by atoms with van der Waals surface area (Å²) < 4.78 is 0.767. The van der Waals surface area contributed by atoms with Crippen molar-refractivity contribution in [1.82, 2.24) is 4.98 Å². The predicted molar refractivity (Wildman–Crippen MR) is 64.7 cm³/mol. The van der Waals surface area contributed by atoms with Crippen molar-refractivity contribution >= 4 is 26.7 Å². The van der Waals surface area contributed by atoms with E-state index in [0.717, 1.165) is 21.1 Å². The van der Waals surface area contributed by atoms with Crippen LogP contribution in [0.1, 0.15) is 25.1 Å². The second kappa shape index (κ2) is 4.29. The smallest absolute Gasteiger partial charge is 0.107 e. The van der Waals surface area contributed by atoms with Crippen molar-refractivity contribution in [3.05, 3.63) is 40.6 Å². The lowest BCUT2D eigenvalue weighted by atomic mass is 10.1. The standard InChI is InChI=1S/C12H12BrNO/c1-2-10(15)12-9-6-4-3-5-8(9)7-11(13)14-12/h3-7,10,15H,2H2,1H3. The van der Waals surface area contributed by atoms with Gasteiger partial charge in [-0.1, -0.05) is 31.2 Å². The van der Waals surface area contributed by atoms with E-state index in [2.05, 4.69) is 20.9 Å². The Bertz CT molecular complexity index is 484. The number of hydrogen-bond acceptors (Lipinski definition) is 2. The van der Waals surface area contributed by atoms with Crippen molar-refractivity contribution in [3.63, 3.8) is 0 Å². The number of rotatable bonds is 2. The van der Waals surface area contributed by atoms with Crippen LogP contribution in [0.15, 0.2) is 34.9 Å². The minimum Gasteiger partial charge on any atom is -0.387 e. The predicted octanol–water partition coefficient (Wildman–Crippen LogP) is 3.44. The van der Waals surface area contributed by atoms with Crippen LogP contribution in [0.5, 0.6) is 0 Å². The first-order chi connectivity index (χ1) is 7.22. The molecule has 0 aliphatic carbocycles. The Balaban J connectivity index is 2.71. The molecular weight excluding hydrogens is 254 g/mol. The van der Waals surface area contributed by atoms with Gasteiger partial charge in [0.25, 0.3) is 0 Å². The van der Waals surface area contributed by atoms with Gasteiger partial charge < -0.3 is 5.11 Å². The van der Waals surface area contributed by atoms with Gasteiger partial charge in [-0.2, -0.15) is 0 Å². The van der Waals surface area contributed by atoms with Crippen LogP contribution < -0.4 is 0 Å². The highest BCUT2D eigenvalue weighted by Crippen LogP contribution is 2.26. The molecular formula is C12H12BrNO. The molecule has 0 amide bonds. The highest BCUT2D eigenvalue weighted by molar-refractivity contribution is 9.10. The molecule has 1 atom stereocenters. The van der Waals surface area contributed by atoms with Gasteiger partial charge in [0.15, 0.2) is 0 Å². The van der Waals surface area contributed by atoms with Gasteiger partial charge in [-0.15, -0.1) is 0 Å². The molecule has 1 aromatic carbocycles. The van der Waals surface area contributed by atoms with Crippen LogP contribution in [0.25, 0.3) is 10.8 Å². The van der Waals surface area contributed by atoms with Crippen molar-refractivity contribution in [2.45, 2.75) is 19.4 Å². The Hall–Kier alpha value is -0.930. The van der Waals surface area contributed by atoms with Crippen LogP contribution in [0.2, 0.25) is 0 Å². The van der Waals surface area contributed by atoms with Crippen LogP contribution in [0.3, 0.4) is 0 Å². The molecule has 0 saturated carbocycles. The van der Waals surface area contributed by atoms with E-state index in [1.165, 1.54) is 0 Å². The van der Waals surface area contributed by atoms with Gasteiger partial charge in [0.1, 0.15) is 4.60 Å². The molecule has 0 radical (unpaired) electrons. The van der Waals surface area contributed by atoms with Crippen LogP contribution >= 0.6 is 15.9 Å². The monoisotopic (exact) mass is 265 g/mol. The van der Waals surface area contributed by atoms with E-state index < -0.39 is 6.10 Å². The number of pyridine rings is 1. The zero-order chi connectivity index (χ0) is 10.8. The average Bonchev–Trinajstić information content (AvgIpc) is 2.26. The summed E-state index contributed by atoms with van der Waals surface area (Å²) in [6.45, 7) is 1.95. The van der Waals surface area contributed by atoms with Crippen LogP contribution in [-0.4, -0.2) is 10.1 Å².